The molecule has 5 nitrogen and oxygen atoms in total. The van der Waals surface area contributed by atoms with Gasteiger partial charge in [0.1, 0.15) is 0 Å². The smallest absolute Gasteiger partial charge is 0.153 e. The third kappa shape index (κ3) is 2.24. The van der Waals surface area contributed by atoms with Crippen LogP contribution in [0.4, 0.5) is 0 Å². The molecule has 1 aliphatic rings. The van der Waals surface area contributed by atoms with Crippen molar-refractivity contribution >= 4 is 0 Å². The Hall–Kier alpha value is -0.970. The highest BCUT2D eigenvalue weighted by Crippen LogP contribution is 2.30. The fraction of sp³-hybridized carbons (Fsp3) is 0.875. The molecule has 1 aromatic heterocycles. The van der Waals surface area contributed by atoms with Crippen LogP contribution in [-0.2, 0) is 13.0 Å². The molecule has 1 unspecified atom stereocenters. The van der Waals surface area contributed by atoms with Gasteiger partial charge in [-0.25, -0.2) is 4.68 Å². The first kappa shape index (κ1) is 8.62. The first-order chi connectivity index (χ1) is 6.25. The van der Waals surface area contributed by atoms with E-state index in [-0.39, 0.29) is 6.10 Å². The highest BCUT2D eigenvalue weighted by atomic mass is 16.3. The van der Waals surface area contributed by atoms with Crippen molar-refractivity contribution in [2.24, 2.45) is 5.92 Å². The second-order valence-electron chi connectivity index (χ2n) is 3.77. The van der Waals surface area contributed by atoms with E-state index in [9.17, 15) is 5.11 Å². The lowest BCUT2D eigenvalue weighted by atomic mass is 10.3. The average molecular weight is 182 g/mol. The summed E-state index contributed by atoms with van der Waals surface area (Å²) in [5.74, 6) is 1.55. The van der Waals surface area contributed by atoms with Crippen LogP contribution in [0, 0.1) is 5.92 Å². The maximum absolute atomic E-state index is 9.19. The summed E-state index contributed by atoms with van der Waals surface area (Å²) in [4.78, 5) is 0. The summed E-state index contributed by atoms with van der Waals surface area (Å²) in [6, 6.07) is 0. The standard InChI is InChI=1S/C8H14N4O/c1-6(13)4-8-9-10-11-12(8)5-7-2-3-7/h6-7,13H,2-5H2,1H3. The minimum Gasteiger partial charge on any atom is -0.393 e. The molecule has 1 fully saturated rings. The molecule has 1 saturated carbocycles. The Morgan fingerprint density at radius 3 is 3.00 bits per heavy atom. The third-order valence-electron chi connectivity index (χ3n) is 2.21. The molecule has 1 aromatic rings. The molecule has 0 aliphatic heterocycles. The van der Waals surface area contributed by atoms with E-state index in [1.807, 2.05) is 4.68 Å². The molecule has 2 rings (SSSR count). The molecule has 1 N–H and O–H groups in total. The van der Waals surface area contributed by atoms with Gasteiger partial charge in [-0.05, 0) is 36.1 Å². The van der Waals surface area contributed by atoms with Crippen LogP contribution in [0.3, 0.4) is 0 Å². The topological polar surface area (TPSA) is 63.8 Å². The van der Waals surface area contributed by atoms with Gasteiger partial charge < -0.3 is 5.11 Å². The number of tetrazole rings is 1. The van der Waals surface area contributed by atoms with Gasteiger partial charge in [-0.2, -0.15) is 0 Å². The van der Waals surface area contributed by atoms with Gasteiger partial charge in [0.15, 0.2) is 5.82 Å². The van der Waals surface area contributed by atoms with Gasteiger partial charge in [0.05, 0.1) is 6.10 Å². The number of aliphatic hydroxyl groups is 1. The second kappa shape index (κ2) is 3.41. The third-order valence-corrected chi connectivity index (χ3v) is 2.21. The normalized spacial score (nSPS) is 18.9. The number of aliphatic hydroxyl groups excluding tert-OH is 1. The zero-order valence-electron chi connectivity index (χ0n) is 7.72. The van der Waals surface area contributed by atoms with Crippen molar-refractivity contribution in [3.05, 3.63) is 5.82 Å². The van der Waals surface area contributed by atoms with Gasteiger partial charge in [0, 0.05) is 13.0 Å². The summed E-state index contributed by atoms with van der Waals surface area (Å²) >= 11 is 0. The molecule has 13 heavy (non-hydrogen) atoms. The fourth-order valence-electron chi connectivity index (χ4n) is 1.32. The minimum absolute atomic E-state index is 0.371. The van der Waals surface area contributed by atoms with E-state index in [0.717, 1.165) is 18.3 Å². The summed E-state index contributed by atoms with van der Waals surface area (Å²) in [5.41, 5.74) is 0. The van der Waals surface area contributed by atoms with E-state index in [0.29, 0.717) is 6.42 Å². The molecule has 0 spiro atoms. The van der Waals surface area contributed by atoms with E-state index in [2.05, 4.69) is 15.5 Å². The molecule has 1 atom stereocenters. The Balaban J connectivity index is 2.01. The predicted octanol–water partition coefficient (Wildman–Crippen LogP) is 0.00640. The first-order valence-corrected chi connectivity index (χ1v) is 4.69. The molecule has 0 aromatic carbocycles. The van der Waals surface area contributed by atoms with Crippen LogP contribution >= 0.6 is 0 Å². The molecule has 1 heterocycles. The van der Waals surface area contributed by atoms with Crippen LogP contribution in [0.5, 0.6) is 0 Å². The van der Waals surface area contributed by atoms with E-state index in [1.165, 1.54) is 12.8 Å². The maximum atomic E-state index is 9.19. The van der Waals surface area contributed by atoms with Crippen molar-refractivity contribution in [2.75, 3.05) is 0 Å². The SMILES string of the molecule is CC(O)Cc1nnnn1CC1CC1. The van der Waals surface area contributed by atoms with Gasteiger partial charge in [0.25, 0.3) is 0 Å². The van der Waals surface area contributed by atoms with Crippen LogP contribution in [-0.4, -0.2) is 31.4 Å². The van der Waals surface area contributed by atoms with Crippen LogP contribution in [0.25, 0.3) is 0 Å². The number of nitrogens with zero attached hydrogens (tertiary/aromatic N) is 4. The Morgan fingerprint density at radius 2 is 2.38 bits per heavy atom. The molecule has 1 aliphatic carbocycles. The summed E-state index contributed by atoms with van der Waals surface area (Å²) in [7, 11) is 0. The molecule has 0 amide bonds. The highest BCUT2D eigenvalue weighted by Gasteiger charge is 2.23. The van der Waals surface area contributed by atoms with Crippen LogP contribution < -0.4 is 0 Å². The van der Waals surface area contributed by atoms with Crippen molar-refractivity contribution in [1.29, 1.82) is 0 Å². The second-order valence-corrected chi connectivity index (χ2v) is 3.77. The zero-order chi connectivity index (χ0) is 9.26. The van der Waals surface area contributed by atoms with Gasteiger partial charge in [0.2, 0.25) is 0 Å². The van der Waals surface area contributed by atoms with E-state index < -0.39 is 0 Å². The minimum atomic E-state index is -0.371. The summed E-state index contributed by atoms with van der Waals surface area (Å²) in [5, 5.41) is 20.6. The summed E-state index contributed by atoms with van der Waals surface area (Å²) in [6.45, 7) is 2.66. The largest absolute Gasteiger partial charge is 0.393 e. The van der Waals surface area contributed by atoms with Crippen molar-refractivity contribution in [3.8, 4) is 0 Å². The molecule has 5 heteroatoms. The van der Waals surface area contributed by atoms with Crippen LogP contribution in [0.2, 0.25) is 0 Å². The molecule has 0 bridgehead atoms. The van der Waals surface area contributed by atoms with Crippen molar-refractivity contribution in [3.63, 3.8) is 0 Å². The lowest BCUT2D eigenvalue weighted by Crippen LogP contribution is -2.13. The molecular weight excluding hydrogens is 168 g/mol. The van der Waals surface area contributed by atoms with Crippen molar-refractivity contribution < 1.29 is 5.11 Å². The molecule has 72 valence electrons. The molecule has 0 radical (unpaired) electrons. The lowest BCUT2D eigenvalue weighted by Gasteiger charge is -2.04. The molecule has 0 saturated heterocycles. The highest BCUT2D eigenvalue weighted by molar-refractivity contribution is 4.85. The van der Waals surface area contributed by atoms with Gasteiger partial charge in [-0.1, -0.05) is 0 Å². The van der Waals surface area contributed by atoms with E-state index in [1.54, 1.807) is 6.92 Å². The quantitative estimate of drug-likeness (QED) is 0.712. The van der Waals surface area contributed by atoms with Crippen molar-refractivity contribution in [2.45, 2.75) is 38.8 Å². The predicted molar refractivity (Wildman–Crippen MR) is 45.9 cm³/mol. The fourth-order valence-corrected chi connectivity index (χ4v) is 1.32. The summed E-state index contributed by atoms with van der Waals surface area (Å²) < 4.78 is 1.81. The van der Waals surface area contributed by atoms with Crippen molar-refractivity contribution in [1.82, 2.24) is 20.2 Å². The zero-order valence-corrected chi connectivity index (χ0v) is 7.72. The van der Waals surface area contributed by atoms with Gasteiger partial charge in [-0.15, -0.1) is 5.10 Å². The molecular formula is C8H14N4O. The maximum Gasteiger partial charge on any atom is 0.153 e. The Labute approximate surface area is 76.8 Å². The van der Waals surface area contributed by atoms with Crippen LogP contribution in [0.15, 0.2) is 0 Å². The van der Waals surface area contributed by atoms with E-state index >= 15 is 0 Å². The number of hydrogen-bond acceptors (Lipinski definition) is 4. The first-order valence-electron chi connectivity index (χ1n) is 4.69. The Kier molecular flexibility index (Phi) is 2.26. The Morgan fingerprint density at radius 1 is 1.62 bits per heavy atom. The van der Waals surface area contributed by atoms with Gasteiger partial charge in [-0.3, -0.25) is 0 Å². The Bertz CT molecular complexity index is 261. The monoisotopic (exact) mass is 182 g/mol. The lowest BCUT2D eigenvalue weighted by molar-refractivity contribution is 0.190. The number of aromatic nitrogens is 4. The average Bonchev–Trinajstić information content (AvgIpc) is 2.75. The number of hydrogen-bond donors (Lipinski definition) is 1. The number of rotatable bonds is 4. The van der Waals surface area contributed by atoms with Gasteiger partial charge >= 0.3 is 0 Å². The van der Waals surface area contributed by atoms with Crippen LogP contribution in [0.1, 0.15) is 25.6 Å². The van der Waals surface area contributed by atoms with E-state index in [4.69, 9.17) is 0 Å². The summed E-state index contributed by atoms with van der Waals surface area (Å²) in [6.07, 6.45) is 2.74.